The van der Waals surface area contributed by atoms with Crippen molar-refractivity contribution in [1.82, 2.24) is 0 Å². The molecule has 2 bridgehead atoms. The summed E-state index contributed by atoms with van der Waals surface area (Å²) < 4.78 is 0. The molecule has 276 valence electrons. The topological polar surface area (TPSA) is 3.24 Å². The van der Waals surface area contributed by atoms with E-state index in [0.717, 1.165) is 29.1 Å². The van der Waals surface area contributed by atoms with Crippen molar-refractivity contribution in [2.45, 2.75) is 50.9 Å². The molecule has 11 rings (SSSR count). The van der Waals surface area contributed by atoms with E-state index in [1.807, 2.05) is 0 Å². The minimum atomic E-state index is -0.0869. The second-order valence-electron chi connectivity index (χ2n) is 17.3. The minimum absolute atomic E-state index is 0.0869. The van der Waals surface area contributed by atoms with Crippen molar-refractivity contribution in [3.05, 3.63) is 199 Å². The van der Waals surface area contributed by atoms with Crippen LogP contribution in [0.5, 0.6) is 0 Å². The van der Waals surface area contributed by atoms with Gasteiger partial charge in [-0.3, -0.25) is 0 Å². The van der Waals surface area contributed by atoms with Crippen LogP contribution in [-0.4, -0.2) is 0 Å². The molecule has 3 aliphatic rings. The molecule has 1 nitrogen and oxygen atoms in total. The van der Waals surface area contributed by atoms with Gasteiger partial charge in [-0.05, 0) is 145 Å². The highest BCUT2D eigenvalue weighted by molar-refractivity contribution is 6.06. The first-order valence-electron chi connectivity index (χ1n) is 20.9. The number of benzene rings is 8. The van der Waals surface area contributed by atoms with Gasteiger partial charge in [0.15, 0.2) is 0 Å². The Bertz CT molecular complexity index is 2750. The Morgan fingerprint density at radius 1 is 0.439 bits per heavy atom. The van der Waals surface area contributed by atoms with Crippen LogP contribution in [-0.2, 0) is 5.41 Å². The van der Waals surface area contributed by atoms with Gasteiger partial charge in [-0.1, -0.05) is 166 Å². The number of anilines is 3. The number of hydrogen-bond acceptors (Lipinski definition) is 1. The summed E-state index contributed by atoms with van der Waals surface area (Å²) in [5, 5.41) is 2.54. The van der Waals surface area contributed by atoms with E-state index < -0.39 is 0 Å². The Hall–Kier alpha value is -6.18. The molecule has 2 fully saturated rings. The summed E-state index contributed by atoms with van der Waals surface area (Å²) in [5.41, 5.74) is 17.9. The van der Waals surface area contributed by atoms with Crippen LogP contribution >= 0.6 is 0 Å². The summed E-state index contributed by atoms with van der Waals surface area (Å²) in [4.78, 5) is 2.43. The van der Waals surface area contributed by atoms with Crippen LogP contribution in [0.4, 0.5) is 17.1 Å². The molecule has 0 amide bonds. The van der Waals surface area contributed by atoms with Crippen molar-refractivity contribution in [3.8, 4) is 44.5 Å². The molecule has 3 atom stereocenters. The van der Waals surface area contributed by atoms with E-state index in [-0.39, 0.29) is 5.41 Å². The third-order valence-corrected chi connectivity index (χ3v) is 13.8. The van der Waals surface area contributed by atoms with Crippen LogP contribution in [0, 0.1) is 11.8 Å². The van der Waals surface area contributed by atoms with Crippen LogP contribution in [0.3, 0.4) is 0 Å². The second-order valence-corrected chi connectivity index (χ2v) is 17.3. The Morgan fingerprint density at radius 2 is 1.00 bits per heavy atom. The van der Waals surface area contributed by atoms with Crippen LogP contribution < -0.4 is 4.90 Å². The average Bonchev–Trinajstić information content (AvgIpc) is 3.97. The molecule has 1 heteroatoms. The average molecular weight is 734 g/mol. The van der Waals surface area contributed by atoms with Gasteiger partial charge >= 0.3 is 0 Å². The van der Waals surface area contributed by atoms with Crippen molar-refractivity contribution in [3.63, 3.8) is 0 Å². The quantitative estimate of drug-likeness (QED) is 0.158. The molecule has 0 radical (unpaired) electrons. The van der Waals surface area contributed by atoms with Gasteiger partial charge in [0.2, 0.25) is 0 Å². The number of nitrogens with zero attached hydrogens (tertiary/aromatic N) is 1. The fourth-order valence-corrected chi connectivity index (χ4v) is 10.9. The van der Waals surface area contributed by atoms with E-state index in [0.29, 0.717) is 0 Å². The van der Waals surface area contributed by atoms with Crippen LogP contribution in [0.2, 0.25) is 0 Å². The lowest BCUT2D eigenvalue weighted by Crippen LogP contribution is -2.16. The highest BCUT2D eigenvalue weighted by atomic mass is 15.1. The second kappa shape index (κ2) is 13.5. The number of hydrogen-bond donors (Lipinski definition) is 0. The maximum Gasteiger partial charge on any atom is 0.0465 e. The summed E-state index contributed by atoms with van der Waals surface area (Å²) in [5.74, 6) is 2.62. The van der Waals surface area contributed by atoms with Gasteiger partial charge in [-0.25, -0.2) is 0 Å². The molecule has 0 aliphatic heterocycles. The summed E-state index contributed by atoms with van der Waals surface area (Å²) >= 11 is 0. The minimum Gasteiger partial charge on any atom is -0.310 e. The Labute approximate surface area is 337 Å². The molecule has 8 aromatic rings. The molecule has 0 spiro atoms. The Kier molecular flexibility index (Phi) is 8.07. The Balaban J connectivity index is 0.980. The highest BCUT2D eigenvalue weighted by Gasteiger charge is 2.40. The zero-order valence-electron chi connectivity index (χ0n) is 32.8. The maximum absolute atomic E-state index is 2.43. The molecule has 0 saturated heterocycles. The van der Waals surface area contributed by atoms with Gasteiger partial charge in [-0.2, -0.15) is 0 Å². The lowest BCUT2D eigenvalue weighted by Gasteiger charge is -2.28. The third-order valence-electron chi connectivity index (χ3n) is 13.8. The lowest BCUT2D eigenvalue weighted by molar-refractivity contribution is 0.420. The SMILES string of the molecule is CC1(C)c2ccccc2-c2ccc(N(c3ccc(-c4ccc(C5CC6CCC5C6)cc4)cc3)c3ccc(-c4cccc5cccc(-c6ccccc6)c45)cc3)cc21. The van der Waals surface area contributed by atoms with Crippen molar-refractivity contribution >= 4 is 27.8 Å². The molecule has 0 heterocycles. The van der Waals surface area contributed by atoms with E-state index in [1.54, 1.807) is 5.56 Å². The van der Waals surface area contributed by atoms with Crippen molar-refractivity contribution in [1.29, 1.82) is 0 Å². The fraction of sp³-hybridized carbons (Fsp3) is 0.179. The number of rotatable bonds is 7. The van der Waals surface area contributed by atoms with Crippen molar-refractivity contribution in [2.24, 2.45) is 11.8 Å². The summed E-state index contributed by atoms with van der Waals surface area (Å²) in [6.07, 6.45) is 5.70. The van der Waals surface area contributed by atoms with Crippen LogP contribution in [0.1, 0.15) is 62.1 Å². The van der Waals surface area contributed by atoms with Gasteiger partial charge < -0.3 is 4.90 Å². The van der Waals surface area contributed by atoms with Gasteiger partial charge in [0.25, 0.3) is 0 Å². The molecular weight excluding hydrogens is 687 g/mol. The Morgan fingerprint density at radius 3 is 1.65 bits per heavy atom. The number of fused-ring (bicyclic) bond motifs is 6. The monoisotopic (exact) mass is 733 g/mol. The first-order valence-corrected chi connectivity index (χ1v) is 20.9. The van der Waals surface area contributed by atoms with Gasteiger partial charge in [0.05, 0.1) is 0 Å². The fourth-order valence-electron chi connectivity index (χ4n) is 10.9. The molecule has 8 aromatic carbocycles. The predicted molar refractivity (Wildman–Crippen MR) is 241 cm³/mol. The molecule has 3 aliphatic carbocycles. The zero-order valence-corrected chi connectivity index (χ0v) is 32.8. The van der Waals surface area contributed by atoms with Crippen molar-refractivity contribution < 1.29 is 0 Å². The van der Waals surface area contributed by atoms with E-state index in [4.69, 9.17) is 0 Å². The van der Waals surface area contributed by atoms with E-state index in [2.05, 4.69) is 201 Å². The third kappa shape index (κ3) is 5.75. The smallest absolute Gasteiger partial charge is 0.0465 e. The predicted octanol–water partition coefficient (Wildman–Crippen LogP) is 15.5. The first-order chi connectivity index (χ1) is 28.0. The van der Waals surface area contributed by atoms with Crippen LogP contribution in [0.15, 0.2) is 182 Å². The summed E-state index contributed by atoms with van der Waals surface area (Å²) in [7, 11) is 0. The van der Waals surface area contributed by atoms with Crippen LogP contribution in [0.25, 0.3) is 55.3 Å². The summed E-state index contributed by atoms with van der Waals surface area (Å²) in [6.45, 7) is 4.73. The lowest BCUT2D eigenvalue weighted by atomic mass is 9.82. The van der Waals surface area contributed by atoms with E-state index in [1.165, 1.54) is 97.8 Å². The molecule has 0 aromatic heterocycles. The zero-order chi connectivity index (χ0) is 38.1. The molecule has 3 unspecified atom stereocenters. The van der Waals surface area contributed by atoms with Gasteiger partial charge in [0, 0.05) is 22.5 Å². The highest BCUT2D eigenvalue weighted by Crippen LogP contribution is 2.53. The normalized spacial score (nSPS) is 18.7. The maximum atomic E-state index is 2.43. The first kappa shape index (κ1) is 34.1. The van der Waals surface area contributed by atoms with Gasteiger partial charge in [-0.15, -0.1) is 0 Å². The van der Waals surface area contributed by atoms with Crippen molar-refractivity contribution in [2.75, 3.05) is 4.90 Å². The largest absolute Gasteiger partial charge is 0.310 e. The molecule has 2 saturated carbocycles. The van der Waals surface area contributed by atoms with E-state index >= 15 is 0 Å². The van der Waals surface area contributed by atoms with Gasteiger partial charge in [0.1, 0.15) is 0 Å². The molecular formula is C56H47N. The molecule has 0 N–H and O–H groups in total. The molecule has 57 heavy (non-hydrogen) atoms. The van der Waals surface area contributed by atoms with E-state index in [9.17, 15) is 0 Å². The summed E-state index contributed by atoms with van der Waals surface area (Å²) in [6, 6.07) is 68.0. The standard InChI is InChI=1S/C56H47N/c1-56(2)53-17-7-6-14-50(53)51-33-32-47(36-54(51)56)57(45-28-24-39(25-29-45)38-20-22-42(23-21-38)52-35-37-18-19-44(52)34-37)46-30-26-41(27-31-46)49-16-9-13-43-12-8-15-48(55(43)49)40-10-4-3-5-11-40/h3-17,20-33,36-37,44,52H,18-19,34-35H2,1-2H3.